The van der Waals surface area contributed by atoms with Crippen LogP contribution in [-0.2, 0) is 6.54 Å². The van der Waals surface area contributed by atoms with Crippen LogP contribution in [0.4, 0.5) is 0 Å². The molecule has 0 aliphatic carbocycles. The number of rotatable bonds is 5. The van der Waals surface area contributed by atoms with Crippen molar-refractivity contribution in [3.8, 4) is 5.69 Å². The van der Waals surface area contributed by atoms with E-state index in [-0.39, 0.29) is 0 Å². The van der Waals surface area contributed by atoms with Crippen molar-refractivity contribution in [3.05, 3.63) is 71.5 Å². The van der Waals surface area contributed by atoms with E-state index in [1.165, 1.54) is 17.5 Å². The molecular formula is C21H24N4S. The van der Waals surface area contributed by atoms with Gasteiger partial charge in [0.15, 0.2) is 11.0 Å². The second-order valence-electron chi connectivity index (χ2n) is 6.83. The van der Waals surface area contributed by atoms with Gasteiger partial charge in [-0.2, -0.15) is 0 Å². The summed E-state index contributed by atoms with van der Waals surface area (Å²) in [4.78, 5) is 2.54. The van der Waals surface area contributed by atoms with Crippen molar-refractivity contribution >= 4 is 11.8 Å². The molecule has 0 spiro atoms. The van der Waals surface area contributed by atoms with E-state index in [4.69, 9.17) is 0 Å². The number of hydrogen-bond acceptors (Lipinski definition) is 4. The normalized spacial score (nSPS) is 17.7. The Bertz CT molecular complexity index is 857. The second-order valence-corrected chi connectivity index (χ2v) is 7.60. The predicted molar refractivity (Wildman–Crippen MR) is 107 cm³/mol. The number of aromatic nitrogens is 3. The first-order valence-electron chi connectivity index (χ1n) is 9.10. The molecule has 1 saturated heterocycles. The van der Waals surface area contributed by atoms with Gasteiger partial charge in [-0.25, -0.2) is 0 Å². The zero-order chi connectivity index (χ0) is 17.9. The molecular weight excluding hydrogens is 340 g/mol. The third-order valence-corrected chi connectivity index (χ3v) is 5.65. The molecule has 2 aromatic carbocycles. The second kappa shape index (κ2) is 7.64. The van der Waals surface area contributed by atoms with E-state index in [9.17, 15) is 0 Å². The largest absolute Gasteiger partial charge is 0.289 e. The summed E-state index contributed by atoms with van der Waals surface area (Å²) >= 11 is 1.65. The Labute approximate surface area is 159 Å². The Morgan fingerprint density at radius 1 is 1.04 bits per heavy atom. The van der Waals surface area contributed by atoms with Crippen LogP contribution in [0, 0.1) is 6.92 Å². The summed E-state index contributed by atoms with van der Waals surface area (Å²) in [6, 6.07) is 19.6. The van der Waals surface area contributed by atoms with Gasteiger partial charge in [-0.3, -0.25) is 9.47 Å². The van der Waals surface area contributed by atoms with Crippen LogP contribution in [0.1, 0.15) is 35.8 Å². The average molecular weight is 365 g/mol. The first kappa shape index (κ1) is 17.3. The van der Waals surface area contributed by atoms with Crippen LogP contribution < -0.4 is 0 Å². The third-order valence-electron chi connectivity index (χ3n) is 5.02. The number of para-hydroxylation sites is 1. The monoisotopic (exact) mass is 364 g/mol. The van der Waals surface area contributed by atoms with Crippen molar-refractivity contribution in [3.63, 3.8) is 0 Å². The standard InChI is InChI=1S/C21H24N4S/c1-16-10-12-17(13-11-16)15-24-14-6-9-19(24)20-22-23-21(26-2)25(20)18-7-4-3-5-8-18/h3-5,7-8,10-13,19H,6,9,14-15H2,1-2H3/t19-/m0/s1. The zero-order valence-electron chi connectivity index (χ0n) is 15.3. The SMILES string of the molecule is CSc1nnc([C@@H]2CCCN2Cc2ccc(C)cc2)n1-c1ccccc1. The van der Waals surface area contributed by atoms with Gasteiger partial charge in [0.05, 0.1) is 6.04 Å². The Hall–Kier alpha value is -2.11. The van der Waals surface area contributed by atoms with Gasteiger partial charge in [-0.1, -0.05) is 59.8 Å². The molecule has 1 aromatic heterocycles. The lowest BCUT2D eigenvalue weighted by molar-refractivity contribution is 0.237. The van der Waals surface area contributed by atoms with Crippen LogP contribution >= 0.6 is 11.8 Å². The van der Waals surface area contributed by atoms with E-state index < -0.39 is 0 Å². The third kappa shape index (κ3) is 3.41. The van der Waals surface area contributed by atoms with Gasteiger partial charge in [-0.15, -0.1) is 10.2 Å². The molecule has 1 fully saturated rings. The summed E-state index contributed by atoms with van der Waals surface area (Å²) < 4.78 is 2.22. The van der Waals surface area contributed by atoms with Gasteiger partial charge in [0.2, 0.25) is 0 Å². The van der Waals surface area contributed by atoms with Crippen LogP contribution in [0.3, 0.4) is 0 Å². The number of nitrogens with zero attached hydrogens (tertiary/aromatic N) is 4. The average Bonchev–Trinajstić information content (AvgIpc) is 3.30. The number of likely N-dealkylation sites (tertiary alicyclic amines) is 1. The van der Waals surface area contributed by atoms with Crippen molar-refractivity contribution < 1.29 is 0 Å². The van der Waals surface area contributed by atoms with E-state index in [0.29, 0.717) is 6.04 Å². The van der Waals surface area contributed by atoms with E-state index in [2.05, 4.69) is 81.4 Å². The van der Waals surface area contributed by atoms with E-state index in [1.54, 1.807) is 11.8 Å². The lowest BCUT2D eigenvalue weighted by Gasteiger charge is -2.24. The molecule has 134 valence electrons. The Morgan fingerprint density at radius 2 is 1.81 bits per heavy atom. The lowest BCUT2D eigenvalue weighted by Crippen LogP contribution is -2.25. The molecule has 0 N–H and O–H groups in total. The highest BCUT2D eigenvalue weighted by Gasteiger charge is 2.31. The van der Waals surface area contributed by atoms with Crippen molar-refractivity contribution in [1.82, 2.24) is 19.7 Å². The van der Waals surface area contributed by atoms with Gasteiger partial charge in [0.25, 0.3) is 0 Å². The summed E-state index contributed by atoms with van der Waals surface area (Å²) in [6.45, 7) is 4.20. The number of hydrogen-bond donors (Lipinski definition) is 0. The molecule has 5 heteroatoms. The fraction of sp³-hybridized carbons (Fsp3) is 0.333. The Kier molecular flexibility index (Phi) is 5.09. The van der Waals surface area contributed by atoms with Crippen molar-refractivity contribution in [1.29, 1.82) is 0 Å². The molecule has 1 aliphatic heterocycles. The van der Waals surface area contributed by atoms with Crippen LogP contribution in [0.2, 0.25) is 0 Å². The minimum absolute atomic E-state index is 0.310. The summed E-state index contributed by atoms with van der Waals surface area (Å²) in [7, 11) is 0. The zero-order valence-corrected chi connectivity index (χ0v) is 16.1. The topological polar surface area (TPSA) is 34.0 Å². The molecule has 4 rings (SSSR count). The number of aryl methyl sites for hydroxylation is 1. The highest BCUT2D eigenvalue weighted by Crippen LogP contribution is 2.35. The maximum atomic E-state index is 4.60. The molecule has 2 heterocycles. The molecule has 3 aromatic rings. The number of thioether (sulfide) groups is 1. The van der Waals surface area contributed by atoms with E-state index >= 15 is 0 Å². The van der Waals surface area contributed by atoms with Crippen LogP contribution in [-0.4, -0.2) is 32.5 Å². The van der Waals surface area contributed by atoms with Gasteiger partial charge in [0.1, 0.15) is 0 Å². The van der Waals surface area contributed by atoms with Crippen molar-refractivity contribution in [2.75, 3.05) is 12.8 Å². The maximum absolute atomic E-state index is 4.60. The fourth-order valence-corrected chi connectivity index (χ4v) is 4.19. The number of benzene rings is 2. The maximum Gasteiger partial charge on any atom is 0.195 e. The predicted octanol–water partition coefficient (Wildman–Crippen LogP) is 4.63. The fourth-order valence-electron chi connectivity index (χ4n) is 3.68. The molecule has 0 bridgehead atoms. The molecule has 0 radical (unpaired) electrons. The van der Waals surface area contributed by atoms with Gasteiger partial charge in [0, 0.05) is 12.2 Å². The molecule has 0 amide bonds. The lowest BCUT2D eigenvalue weighted by atomic mass is 10.1. The Morgan fingerprint density at radius 3 is 2.54 bits per heavy atom. The van der Waals surface area contributed by atoms with Crippen molar-refractivity contribution in [2.24, 2.45) is 0 Å². The summed E-state index contributed by atoms with van der Waals surface area (Å²) in [5.74, 6) is 1.06. The molecule has 1 atom stereocenters. The molecule has 1 aliphatic rings. The van der Waals surface area contributed by atoms with Crippen molar-refractivity contribution in [2.45, 2.75) is 37.5 Å². The quantitative estimate of drug-likeness (QED) is 0.618. The molecule has 26 heavy (non-hydrogen) atoms. The summed E-state index contributed by atoms with van der Waals surface area (Å²) in [5.41, 5.74) is 3.80. The highest BCUT2D eigenvalue weighted by atomic mass is 32.2. The van der Waals surface area contributed by atoms with Crippen LogP contribution in [0.5, 0.6) is 0 Å². The van der Waals surface area contributed by atoms with Crippen LogP contribution in [0.25, 0.3) is 5.69 Å². The highest BCUT2D eigenvalue weighted by molar-refractivity contribution is 7.98. The Balaban J connectivity index is 1.66. The van der Waals surface area contributed by atoms with Gasteiger partial charge >= 0.3 is 0 Å². The van der Waals surface area contributed by atoms with Crippen LogP contribution in [0.15, 0.2) is 59.8 Å². The summed E-state index contributed by atoms with van der Waals surface area (Å²) in [5, 5.41) is 10.0. The van der Waals surface area contributed by atoms with E-state index in [1.807, 2.05) is 6.07 Å². The summed E-state index contributed by atoms with van der Waals surface area (Å²) in [6.07, 6.45) is 4.39. The van der Waals surface area contributed by atoms with Gasteiger partial charge in [-0.05, 0) is 50.3 Å². The first-order valence-corrected chi connectivity index (χ1v) is 10.3. The minimum Gasteiger partial charge on any atom is -0.289 e. The first-order chi connectivity index (χ1) is 12.8. The molecule has 4 nitrogen and oxygen atoms in total. The minimum atomic E-state index is 0.310. The van der Waals surface area contributed by atoms with Gasteiger partial charge < -0.3 is 0 Å². The molecule has 0 saturated carbocycles. The smallest absolute Gasteiger partial charge is 0.195 e. The molecule has 0 unspecified atom stereocenters. The van der Waals surface area contributed by atoms with E-state index in [0.717, 1.165) is 36.2 Å².